The molecule has 1 unspecified atom stereocenters. The predicted octanol–water partition coefficient (Wildman–Crippen LogP) is 5.07. The van der Waals surface area contributed by atoms with Crippen LogP contribution in [-0.2, 0) is 14.8 Å². The minimum absolute atomic E-state index is 0.0383. The monoisotopic (exact) mass is 547 g/mol. The molecule has 0 aromatic heterocycles. The van der Waals surface area contributed by atoms with E-state index in [1.807, 2.05) is 42.5 Å². The van der Waals surface area contributed by atoms with Gasteiger partial charge in [0.05, 0.1) is 12.0 Å². The molecule has 8 nitrogen and oxygen atoms in total. The highest BCUT2D eigenvalue weighted by Gasteiger charge is 2.22. The van der Waals surface area contributed by atoms with Crippen molar-refractivity contribution in [3.05, 3.63) is 114 Å². The molecule has 0 aliphatic heterocycles. The van der Waals surface area contributed by atoms with E-state index in [-0.39, 0.29) is 16.7 Å². The van der Waals surface area contributed by atoms with Gasteiger partial charge >= 0.3 is 0 Å². The van der Waals surface area contributed by atoms with Gasteiger partial charge in [-0.25, -0.2) is 13.6 Å². The third-order valence-corrected chi connectivity index (χ3v) is 7.70. The fraction of sp³-hybridized carbons (Fsp3) is 0.0714. The Morgan fingerprint density at radius 3 is 1.95 bits per heavy atom. The van der Waals surface area contributed by atoms with E-state index < -0.39 is 15.3 Å². The van der Waals surface area contributed by atoms with Crippen LogP contribution in [0.15, 0.2) is 113 Å². The molecule has 1 atom stereocenters. The number of nitrogens with one attached hydrogen (secondary N) is 2. The van der Waals surface area contributed by atoms with Gasteiger partial charge in [-0.15, -0.1) is 11.8 Å². The lowest BCUT2D eigenvalue weighted by molar-refractivity contribution is -0.115. The molecule has 4 aromatic rings. The number of carbonyl (C=O) groups is 2. The molecule has 0 fully saturated rings. The van der Waals surface area contributed by atoms with Crippen LogP contribution in [0.1, 0.15) is 21.2 Å². The molecule has 2 amide bonds. The van der Waals surface area contributed by atoms with Gasteiger partial charge in [0.1, 0.15) is 11.0 Å². The number of sulfonamides is 1. The van der Waals surface area contributed by atoms with Gasteiger partial charge in [-0.3, -0.25) is 9.59 Å². The molecule has 0 heterocycles. The lowest BCUT2D eigenvalue weighted by Gasteiger charge is -2.17. The van der Waals surface area contributed by atoms with Crippen molar-refractivity contribution in [2.45, 2.75) is 15.0 Å². The number of amides is 2. The van der Waals surface area contributed by atoms with Gasteiger partial charge in [0.15, 0.2) is 0 Å². The largest absolute Gasteiger partial charge is 0.497 e. The van der Waals surface area contributed by atoms with E-state index in [1.165, 1.54) is 36.0 Å². The lowest BCUT2D eigenvalue weighted by Crippen LogP contribution is -2.19. The van der Waals surface area contributed by atoms with Crippen molar-refractivity contribution < 1.29 is 22.7 Å². The van der Waals surface area contributed by atoms with E-state index in [4.69, 9.17) is 9.88 Å². The Kier molecular flexibility index (Phi) is 8.47. The third kappa shape index (κ3) is 7.00. The average Bonchev–Trinajstić information content (AvgIpc) is 2.93. The van der Waals surface area contributed by atoms with E-state index in [1.54, 1.807) is 43.5 Å². The molecule has 4 aromatic carbocycles. The summed E-state index contributed by atoms with van der Waals surface area (Å²) in [6.45, 7) is 0. The van der Waals surface area contributed by atoms with Gasteiger partial charge in [0.2, 0.25) is 15.9 Å². The van der Waals surface area contributed by atoms with Crippen LogP contribution in [0.4, 0.5) is 11.4 Å². The zero-order chi connectivity index (χ0) is 27.1. The van der Waals surface area contributed by atoms with Crippen molar-refractivity contribution in [2.75, 3.05) is 17.7 Å². The number of primary sulfonamides is 1. The number of ether oxygens (including phenoxy) is 1. The number of benzene rings is 4. The second kappa shape index (κ2) is 12.0. The van der Waals surface area contributed by atoms with Crippen molar-refractivity contribution in [3.8, 4) is 5.75 Å². The number of hydrogen-bond donors (Lipinski definition) is 3. The third-order valence-electron chi connectivity index (χ3n) is 5.51. The molecular weight excluding hydrogens is 522 g/mol. The summed E-state index contributed by atoms with van der Waals surface area (Å²) in [5.41, 5.74) is 2.36. The second-order valence-electron chi connectivity index (χ2n) is 8.17. The van der Waals surface area contributed by atoms with Crippen LogP contribution in [0.3, 0.4) is 0 Å². The normalized spacial score (nSPS) is 11.8. The number of carbonyl (C=O) groups excluding carboxylic acids is 2. The number of nitrogens with two attached hydrogens (primary N) is 1. The number of thioether (sulfide) groups is 1. The van der Waals surface area contributed by atoms with Crippen molar-refractivity contribution in [1.82, 2.24) is 0 Å². The molecule has 0 spiro atoms. The van der Waals surface area contributed by atoms with Gasteiger partial charge < -0.3 is 15.4 Å². The van der Waals surface area contributed by atoms with Gasteiger partial charge in [0.25, 0.3) is 5.91 Å². The van der Waals surface area contributed by atoms with Gasteiger partial charge in [-0.2, -0.15) is 0 Å². The maximum Gasteiger partial charge on any atom is 0.255 e. The Hall–Kier alpha value is -4.12. The van der Waals surface area contributed by atoms with Crippen LogP contribution in [0.2, 0.25) is 0 Å². The summed E-state index contributed by atoms with van der Waals surface area (Å²) in [7, 11) is -2.26. The first-order valence-corrected chi connectivity index (χ1v) is 13.9. The molecule has 194 valence electrons. The van der Waals surface area contributed by atoms with E-state index in [2.05, 4.69) is 10.6 Å². The van der Waals surface area contributed by atoms with E-state index in [0.717, 1.165) is 10.5 Å². The summed E-state index contributed by atoms with van der Waals surface area (Å²) in [5.74, 6) is 0.143. The first kappa shape index (κ1) is 26.9. The minimum atomic E-state index is -3.83. The molecule has 0 saturated heterocycles. The van der Waals surface area contributed by atoms with Crippen LogP contribution in [-0.4, -0.2) is 27.3 Å². The van der Waals surface area contributed by atoms with E-state index in [9.17, 15) is 18.0 Å². The highest BCUT2D eigenvalue weighted by Crippen LogP contribution is 2.36. The number of rotatable bonds is 9. The SMILES string of the molecule is COc1ccc(C(=O)Nc2ccc(SC(C(=O)Nc3ccc(S(N)(=O)=O)cc3)c3ccccc3)cc2)cc1. The Bertz CT molecular complexity index is 1510. The van der Waals surface area contributed by atoms with Crippen LogP contribution < -0.4 is 20.5 Å². The van der Waals surface area contributed by atoms with Gasteiger partial charge in [-0.1, -0.05) is 30.3 Å². The van der Waals surface area contributed by atoms with Crippen LogP contribution in [0.5, 0.6) is 5.75 Å². The first-order chi connectivity index (χ1) is 18.2. The molecule has 0 radical (unpaired) electrons. The quantitative estimate of drug-likeness (QED) is 0.251. The molecule has 38 heavy (non-hydrogen) atoms. The smallest absolute Gasteiger partial charge is 0.255 e. The summed E-state index contributed by atoms with van der Waals surface area (Å²) >= 11 is 1.35. The summed E-state index contributed by atoms with van der Waals surface area (Å²) in [6.07, 6.45) is 0. The van der Waals surface area contributed by atoms with Crippen LogP contribution >= 0.6 is 11.8 Å². The zero-order valence-electron chi connectivity index (χ0n) is 20.3. The molecular formula is C28H25N3O5S2. The van der Waals surface area contributed by atoms with Crippen LogP contribution in [0.25, 0.3) is 0 Å². The van der Waals surface area contributed by atoms with Gasteiger partial charge in [0, 0.05) is 21.8 Å². The first-order valence-electron chi connectivity index (χ1n) is 11.4. The average molecular weight is 548 g/mol. The maximum atomic E-state index is 13.3. The Morgan fingerprint density at radius 1 is 0.789 bits per heavy atom. The molecule has 0 saturated carbocycles. The lowest BCUT2D eigenvalue weighted by atomic mass is 10.1. The summed E-state index contributed by atoms with van der Waals surface area (Å²) in [6, 6.07) is 29.0. The highest BCUT2D eigenvalue weighted by molar-refractivity contribution is 8.00. The molecule has 0 bridgehead atoms. The Labute approximate surface area is 225 Å². The zero-order valence-corrected chi connectivity index (χ0v) is 22.0. The fourth-order valence-corrected chi connectivity index (χ4v) is 5.08. The topological polar surface area (TPSA) is 128 Å². The molecule has 10 heteroatoms. The molecule has 4 rings (SSSR count). The van der Waals surface area contributed by atoms with Gasteiger partial charge in [-0.05, 0) is 78.4 Å². The second-order valence-corrected chi connectivity index (χ2v) is 10.9. The van der Waals surface area contributed by atoms with Crippen molar-refractivity contribution >= 4 is 45.0 Å². The summed E-state index contributed by atoms with van der Waals surface area (Å²) in [5, 5.41) is 10.3. The van der Waals surface area contributed by atoms with E-state index in [0.29, 0.717) is 22.7 Å². The standard InChI is InChI=1S/C28H25N3O5S2/c1-36-23-13-7-20(8-14-23)27(32)30-21-9-15-24(16-10-21)37-26(19-5-3-2-4-6-19)28(33)31-22-11-17-25(18-12-22)38(29,34)35/h2-18,26H,1H3,(H,30,32)(H,31,33)(H2,29,34,35). The summed E-state index contributed by atoms with van der Waals surface area (Å²) < 4.78 is 28.1. The van der Waals surface area contributed by atoms with Crippen LogP contribution in [0, 0.1) is 0 Å². The fourth-order valence-electron chi connectivity index (χ4n) is 3.54. The molecule has 4 N–H and O–H groups in total. The highest BCUT2D eigenvalue weighted by atomic mass is 32.2. The Morgan fingerprint density at radius 2 is 1.37 bits per heavy atom. The molecule has 0 aliphatic rings. The maximum absolute atomic E-state index is 13.3. The van der Waals surface area contributed by atoms with Crippen molar-refractivity contribution in [1.29, 1.82) is 0 Å². The number of methoxy groups -OCH3 is 1. The summed E-state index contributed by atoms with van der Waals surface area (Å²) in [4.78, 5) is 26.6. The van der Waals surface area contributed by atoms with Crippen molar-refractivity contribution in [2.24, 2.45) is 5.14 Å². The van der Waals surface area contributed by atoms with Crippen molar-refractivity contribution in [3.63, 3.8) is 0 Å². The predicted molar refractivity (Wildman–Crippen MR) is 149 cm³/mol. The molecule has 0 aliphatic carbocycles. The minimum Gasteiger partial charge on any atom is -0.497 e. The van der Waals surface area contributed by atoms with E-state index >= 15 is 0 Å². The number of hydrogen-bond acceptors (Lipinski definition) is 6. The Balaban J connectivity index is 1.47. The number of anilines is 2.